The number of ether oxygens (including phenoxy) is 2. The standard InChI is InChI=1S/C15H12ClF2NO5S/c1-23-14(20)8-24-13-6-5-9(7-10(13)16)25(21,22)19-15-11(17)3-2-4-12(15)18/h2-7,19H,8H2,1H3. The topological polar surface area (TPSA) is 81.7 Å². The Labute approximate surface area is 147 Å². The van der Waals surface area contributed by atoms with Gasteiger partial charge in [-0.3, -0.25) is 4.72 Å². The summed E-state index contributed by atoms with van der Waals surface area (Å²) in [5.41, 5.74) is -0.801. The zero-order valence-electron chi connectivity index (χ0n) is 12.8. The zero-order chi connectivity index (χ0) is 18.6. The molecule has 0 saturated heterocycles. The molecular weight excluding hydrogens is 380 g/mol. The van der Waals surface area contributed by atoms with Crippen molar-refractivity contribution in [2.75, 3.05) is 18.4 Å². The summed E-state index contributed by atoms with van der Waals surface area (Å²) in [5.74, 6) is -2.73. The average molecular weight is 392 g/mol. The van der Waals surface area contributed by atoms with E-state index in [1.807, 2.05) is 4.72 Å². The van der Waals surface area contributed by atoms with E-state index in [-0.39, 0.29) is 15.7 Å². The summed E-state index contributed by atoms with van der Waals surface area (Å²) < 4.78 is 63.0. The lowest BCUT2D eigenvalue weighted by molar-refractivity contribution is -0.142. The summed E-state index contributed by atoms with van der Waals surface area (Å²) in [6.45, 7) is -0.416. The molecule has 10 heteroatoms. The third-order valence-electron chi connectivity index (χ3n) is 2.99. The summed E-state index contributed by atoms with van der Waals surface area (Å²) in [6.07, 6.45) is 0. The molecule has 0 aromatic heterocycles. The van der Waals surface area contributed by atoms with E-state index in [4.69, 9.17) is 16.3 Å². The van der Waals surface area contributed by atoms with Gasteiger partial charge in [-0.2, -0.15) is 0 Å². The first-order valence-corrected chi connectivity index (χ1v) is 8.56. The summed E-state index contributed by atoms with van der Waals surface area (Å²) >= 11 is 5.91. The van der Waals surface area contributed by atoms with E-state index in [1.54, 1.807) is 0 Å². The Morgan fingerprint density at radius 2 is 1.84 bits per heavy atom. The molecule has 0 fully saturated rings. The summed E-state index contributed by atoms with van der Waals surface area (Å²) in [6, 6.07) is 6.27. The van der Waals surface area contributed by atoms with Gasteiger partial charge in [0.25, 0.3) is 10.0 Å². The highest BCUT2D eigenvalue weighted by Crippen LogP contribution is 2.29. The van der Waals surface area contributed by atoms with Crippen LogP contribution in [0.1, 0.15) is 0 Å². The highest BCUT2D eigenvalue weighted by atomic mass is 35.5. The number of esters is 1. The van der Waals surface area contributed by atoms with Gasteiger partial charge in [0.2, 0.25) is 0 Å². The van der Waals surface area contributed by atoms with Crippen LogP contribution in [0, 0.1) is 11.6 Å². The second-order valence-corrected chi connectivity index (χ2v) is 6.75. The number of hydrogen-bond acceptors (Lipinski definition) is 5. The van der Waals surface area contributed by atoms with Gasteiger partial charge in [-0.25, -0.2) is 22.0 Å². The molecule has 0 heterocycles. The third kappa shape index (κ3) is 4.58. The van der Waals surface area contributed by atoms with Crippen molar-refractivity contribution in [3.8, 4) is 5.75 Å². The number of nitrogens with one attached hydrogen (secondary N) is 1. The molecule has 25 heavy (non-hydrogen) atoms. The molecule has 2 rings (SSSR count). The number of para-hydroxylation sites is 1. The molecule has 2 aromatic carbocycles. The minimum Gasteiger partial charge on any atom is -0.480 e. The van der Waals surface area contributed by atoms with Gasteiger partial charge < -0.3 is 9.47 Å². The molecule has 134 valence electrons. The van der Waals surface area contributed by atoms with Crippen molar-refractivity contribution in [1.82, 2.24) is 0 Å². The molecule has 0 bridgehead atoms. The van der Waals surface area contributed by atoms with E-state index < -0.39 is 39.9 Å². The zero-order valence-corrected chi connectivity index (χ0v) is 14.3. The molecule has 1 N–H and O–H groups in total. The molecule has 0 saturated carbocycles. The van der Waals surface area contributed by atoms with Gasteiger partial charge in [-0.1, -0.05) is 17.7 Å². The van der Waals surface area contributed by atoms with Gasteiger partial charge in [0, 0.05) is 0 Å². The summed E-state index contributed by atoms with van der Waals surface area (Å²) in [4.78, 5) is 10.7. The number of methoxy groups -OCH3 is 1. The minimum atomic E-state index is -4.30. The average Bonchev–Trinajstić information content (AvgIpc) is 2.56. The molecule has 0 atom stereocenters. The van der Waals surface area contributed by atoms with Gasteiger partial charge in [0.05, 0.1) is 17.0 Å². The third-order valence-corrected chi connectivity index (χ3v) is 4.63. The fourth-order valence-electron chi connectivity index (χ4n) is 1.75. The molecule has 0 amide bonds. The Bertz CT molecular complexity index is 885. The van der Waals surface area contributed by atoms with Crippen molar-refractivity contribution in [3.05, 3.63) is 53.1 Å². The molecule has 2 aromatic rings. The quantitative estimate of drug-likeness (QED) is 0.765. The highest BCUT2D eigenvalue weighted by Gasteiger charge is 2.20. The predicted molar refractivity (Wildman–Crippen MR) is 86.1 cm³/mol. The second-order valence-electron chi connectivity index (χ2n) is 4.66. The lowest BCUT2D eigenvalue weighted by atomic mass is 10.3. The molecule has 0 aliphatic heterocycles. The molecular formula is C15H12ClF2NO5S. The summed E-state index contributed by atoms with van der Waals surface area (Å²) in [5, 5.41) is -0.110. The van der Waals surface area contributed by atoms with Crippen LogP contribution >= 0.6 is 11.6 Å². The maximum Gasteiger partial charge on any atom is 0.343 e. The van der Waals surface area contributed by atoms with E-state index in [9.17, 15) is 22.0 Å². The van der Waals surface area contributed by atoms with Crippen molar-refractivity contribution < 1.29 is 31.5 Å². The van der Waals surface area contributed by atoms with Gasteiger partial charge in [-0.15, -0.1) is 0 Å². The van der Waals surface area contributed by atoms with Gasteiger partial charge in [0.1, 0.15) is 23.1 Å². The number of carbonyl (C=O) groups excluding carboxylic acids is 1. The van der Waals surface area contributed by atoms with Crippen LogP contribution in [0.25, 0.3) is 0 Å². The van der Waals surface area contributed by atoms with Gasteiger partial charge >= 0.3 is 5.97 Å². The number of anilines is 1. The molecule has 0 aliphatic carbocycles. The van der Waals surface area contributed by atoms with Crippen LogP contribution < -0.4 is 9.46 Å². The number of sulfonamides is 1. The van der Waals surface area contributed by atoms with E-state index in [0.717, 1.165) is 30.3 Å². The fraction of sp³-hybridized carbons (Fsp3) is 0.133. The van der Waals surface area contributed by atoms with E-state index in [0.29, 0.717) is 0 Å². The van der Waals surface area contributed by atoms with Crippen LogP contribution in [0.3, 0.4) is 0 Å². The fourth-order valence-corrected chi connectivity index (χ4v) is 3.15. The number of halogens is 3. The molecule has 0 spiro atoms. The van der Waals surface area contributed by atoms with Crippen molar-refractivity contribution >= 4 is 33.3 Å². The SMILES string of the molecule is COC(=O)COc1ccc(S(=O)(=O)Nc2c(F)cccc2F)cc1Cl. The Balaban J connectivity index is 2.25. The van der Waals surface area contributed by atoms with Crippen LogP contribution in [0.2, 0.25) is 5.02 Å². The first-order chi connectivity index (χ1) is 11.7. The maximum absolute atomic E-state index is 13.6. The van der Waals surface area contributed by atoms with E-state index in [2.05, 4.69) is 4.74 Å². The van der Waals surface area contributed by atoms with Gasteiger partial charge in [-0.05, 0) is 30.3 Å². The van der Waals surface area contributed by atoms with Crippen LogP contribution in [-0.4, -0.2) is 28.1 Å². The first-order valence-electron chi connectivity index (χ1n) is 6.70. The molecule has 0 aliphatic rings. The number of hydrogen-bond donors (Lipinski definition) is 1. The highest BCUT2D eigenvalue weighted by molar-refractivity contribution is 7.92. The van der Waals surface area contributed by atoms with Crippen molar-refractivity contribution in [2.45, 2.75) is 4.90 Å². The Hall–Kier alpha value is -2.39. The normalized spacial score (nSPS) is 11.0. The maximum atomic E-state index is 13.6. The Morgan fingerprint density at radius 3 is 2.40 bits per heavy atom. The molecule has 0 unspecified atom stereocenters. The lowest BCUT2D eigenvalue weighted by Crippen LogP contribution is -2.16. The number of carbonyl (C=O) groups is 1. The Morgan fingerprint density at radius 1 is 1.20 bits per heavy atom. The largest absolute Gasteiger partial charge is 0.480 e. The van der Waals surface area contributed by atoms with Crippen LogP contribution in [-0.2, 0) is 19.6 Å². The van der Waals surface area contributed by atoms with Crippen LogP contribution in [0.15, 0.2) is 41.3 Å². The van der Waals surface area contributed by atoms with Gasteiger partial charge in [0.15, 0.2) is 6.61 Å². The number of benzene rings is 2. The lowest BCUT2D eigenvalue weighted by Gasteiger charge is -2.12. The monoisotopic (exact) mass is 391 g/mol. The minimum absolute atomic E-state index is 0.0445. The van der Waals surface area contributed by atoms with Crippen molar-refractivity contribution in [2.24, 2.45) is 0 Å². The Kier molecular flexibility index (Phi) is 5.81. The van der Waals surface area contributed by atoms with E-state index in [1.165, 1.54) is 13.2 Å². The number of rotatable bonds is 6. The van der Waals surface area contributed by atoms with Crippen LogP contribution in [0.5, 0.6) is 5.75 Å². The first kappa shape index (κ1) is 18.9. The van der Waals surface area contributed by atoms with E-state index >= 15 is 0 Å². The predicted octanol–water partition coefficient (Wildman–Crippen LogP) is 2.97. The molecule has 0 radical (unpaired) electrons. The summed E-state index contributed by atoms with van der Waals surface area (Å²) in [7, 11) is -3.12. The van der Waals surface area contributed by atoms with Crippen LogP contribution in [0.4, 0.5) is 14.5 Å². The second kappa shape index (κ2) is 7.66. The van der Waals surface area contributed by atoms with Crippen molar-refractivity contribution in [3.63, 3.8) is 0 Å². The van der Waals surface area contributed by atoms with Crippen molar-refractivity contribution in [1.29, 1.82) is 0 Å². The molecule has 6 nitrogen and oxygen atoms in total. The smallest absolute Gasteiger partial charge is 0.343 e.